The molecule has 0 bridgehead atoms. The lowest BCUT2D eigenvalue weighted by Gasteiger charge is -2.15. The van der Waals surface area contributed by atoms with Gasteiger partial charge in [0.2, 0.25) is 0 Å². The average Bonchev–Trinajstić information content (AvgIpc) is 3.54. The number of rotatable bonds is 7. The number of pyridine rings is 1. The molecule has 2 N–H and O–H groups in total. The Balaban J connectivity index is 1.41. The van der Waals surface area contributed by atoms with Crippen LogP contribution in [0.4, 0.5) is 13.2 Å². The van der Waals surface area contributed by atoms with Crippen LogP contribution >= 0.6 is 22.7 Å². The van der Waals surface area contributed by atoms with Crippen LogP contribution in [0.5, 0.6) is 5.75 Å². The van der Waals surface area contributed by atoms with E-state index >= 15 is 0 Å². The molecule has 0 aliphatic rings. The molecule has 0 aliphatic carbocycles. The summed E-state index contributed by atoms with van der Waals surface area (Å²) in [4.78, 5) is 32.1. The average molecular weight is 559 g/mol. The molecule has 0 saturated heterocycles. The van der Waals surface area contributed by atoms with Gasteiger partial charge in [-0.3, -0.25) is 14.6 Å². The number of aromatic nitrogens is 1. The molecule has 12 heteroatoms. The van der Waals surface area contributed by atoms with Crippen LogP contribution in [0.3, 0.4) is 0 Å². The Kier molecular flexibility index (Phi) is 7.93. The molecule has 0 atom stereocenters. The van der Waals surface area contributed by atoms with Crippen molar-refractivity contribution in [3.63, 3.8) is 0 Å². The minimum Gasteiger partial charge on any atom is -0.506 e. The fourth-order valence-electron chi connectivity index (χ4n) is 3.44. The normalized spacial score (nSPS) is 11.9. The van der Waals surface area contributed by atoms with Crippen LogP contribution in [0, 0.1) is 0 Å². The number of benzene rings is 1. The first-order valence-corrected chi connectivity index (χ1v) is 12.8. The highest BCUT2D eigenvalue weighted by Crippen LogP contribution is 2.40. The molecule has 4 rings (SSSR count). The Bertz CT molecular complexity index is 1480. The number of aromatic hydroxyl groups is 1. The predicted molar refractivity (Wildman–Crippen MR) is 140 cm³/mol. The standard InChI is InChI=1S/C26H21F3N4O3S2/c1-15(19-14-37-23(22(19)34)16-6-8-17(9-7-16)26(27,28)29)31-32-24(35)20-10-11-21(38-20)25(36)33(2)13-18-5-3-4-12-30-18/h3-12,14,34H,13H2,1-2H3,(H,32,35). The molecule has 0 spiro atoms. The minimum absolute atomic E-state index is 0.148. The Hall–Kier alpha value is -4.03. The molecular formula is C26H21F3N4O3S2. The van der Waals surface area contributed by atoms with Crippen LogP contribution in [0.1, 0.15) is 43.1 Å². The second-order valence-electron chi connectivity index (χ2n) is 8.19. The van der Waals surface area contributed by atoms with Gasteiger partial charge in [0.05, 0.1) is 43.7 Å². The molecule has 0 saturated carbocycles. The van der Waals surface area contributed by atoms with E-state index in [2.05, 4.69) is 15.5 Å². The fraction of sp³-hybridized carbons (Fsp3) is 0.154. The highest BCUT2D eigenvalue weighted by Gasteiger charge is 2.30. The maximum atomic E-state index is 12.8. The van der Waals surface area contributed by atoms with E-state index in [0.29, 0.717) is 33.1 Å². The van der Waals surface area contributed by atoms with Crippen molar-refractivity contribution in [2.75, 3.05) is 7.05 Å². The summed E-state index contributed by atoms with van der Waals surface area (Å²) in [5, 5.41) is 16.3. The first-order chi connectivity index (χ1) is 18.0. The van der Waals surface area contributed by atoms with Crippen molar-refractivity contribution in [1.82, 2.24) is 15.3 Å². The van der Waals surface area contributed by atoms with Crippen molar-refractivity contribution in [3.8, 4) is 16.2 Å². The van der Waals surface area contributed by atoms with Gasteiger partial charge in [0.1, 0.15) is 5.75 Å². The zero-order valence-corrected chi connectivity index (χ0v) is 21.7. The predicted octanol–water partition coefficient (Wildman–Crippen LogP) is 6.02. The van der Waals surface area contributed by atoms with Crippen molar-refractivity contribution >= 4 is 40.2 Å². The molecular weight excluding hydrogens is 537 g/mol. The van der Waals surface area contributed by atoms with Gasteiger partial charge in [0, 0.05) is 18.6 Å². The van der Waals surface area contributed by atoms with Crippen LogP contribution in [0.15, 0.2) is 71.3 Å². The van der Waals surface area contributed by atoms with E-state index in [1.54, 1.807) is 37.7 Å². The monoisotopic (exact) mass is 558 g/mol. The second-order valence-corrected chi connectivity index (χ2v) is 10.1. The van der Waals surface area contributed by atoms with Crippen LogP contribution < -0.4 is 5.43 Å². The number of hydrogen-bond donors (Lipinski definition) is 2. The zero-order chi connectivity index (χ0) is 27.4. The number of nitrogens with zero attached hydrogens (tertiary/aromatic N) is 3. The lowest BCUT2D eigenvalue weighted by Crippen LogP contribution is -2.25. The lowest BCUT2D eigenvalue weighted by atomic mass is 10.1. The van der Waals surface area contributed by atoms with Crippen molar-refractivity contribution in [3.05, 3.63) is 92.7 Å². The van der Waals surface area contributed by atoms with Crippen molar-refractivity contribution in [2.45, 2.75) is 19.6 Å². The first-order valence-electron chi connectivity index (χ1n) is 11.1. The van der Waals surface area contributed by atoms with E-state index in [1.807, 2.05) is 12.1 Å². The molecule has 0 fully saturated rings. The maximum absolute atomic E-state index is 12.8. The molecule has 0 unspecified atom stereocenters. The Morgan fingerprint density at radius 3 is 2.45 bits per heavy atom. The summed E-state index contributed by atoms with van der Waals surface area (Å²) in [6.07, 6.45) is -2.80. The van der Waals surface area contributed by atoms with Crippen LogP contribution in [0.2, 0.25) is 0 Å². The smallest absolute Gasteiger partial charge is 0.416 e. The van der Waals surface area contributed by atoms with Gasteiger partial charge >= 0.3 is 6.18 Å². The molecule has 3 aromatic heterocycles. The highest BCUT2D eigenvalue weighted by molar-refractivity contribution is 7.16. The molecule has 0 radical (unpaired) electrons. The molecule has 3 heterocycles. The third kappa shape index (κ3) is 6.09. The quantitative estimate of drug-likeness (QED) is 0.214. The van der Waals surface area contributed by atoms with Crippen molar-refractivity contribution < 1.29 is 27.9 Å². The van der Waals surface area contributed by atoms with E-state index in [0.717, 1.165) is 40.5 Å². The fourth-order valence-corrected chi connectivity index (χ4v) is 5.35. The van der Waals surface area contributed by atoms with Crippen molar-refractivity contribution in [1.29, 1.82) is 0 Å². The van der Waals surface area contributed by atoms with E-state index in [4.69, 9.17) is 0 Å². The number of thiophene rings is 2. The largest absolute Gasteiger partial charge is 0.506 e. The van der Waals surface area contributed by atoms with Gasteiger partial charge in [-0.1, -0.05) is 18.2 Å². The lowest BCUT2D eigenvalue weighted by molar-refractivity contribution is -0.137. The summed E-state index contributed by atoms with van der Waals surface area (Å²) in [5.41, 5.74) is 3.43. The number of halogens is 3. The van der Waals surface area contributed by atoms with Crippen LogP contribution in [0.25, 0.3) is 10.4 Å². The number of carbonyl (C=O) groups excluding carboxylic acids is 2. The van der Waals surface area contributed by atoms with Gasteiger partial charge in [-0.15, -0.1) is 22.7 Å². The maximum Gasteiger partial charge on any atom is 0.416 e. The van der Waals surface area contributed by atoms with Crippen molar-refractivity contribution in [2.24, 2.45) is 5.10 Å². The van der Waals surface area contributed by atoms with E-state index < -0.39 is 17.6 Å². The van der Waals surface area contributed by atoms with Crippen LogP contribution in [-0.2, 0) is 12.7 Å². The third-order valence-electron chi connectivity index (χ3n) is 5.47. The van der Waals surface area contributed by atoms with Gasteiger partial charge < -0.3 is 10.0 Å². The molecule has 196 valence electrons. The third-order valence-corrected chi connectivity index (χ3v) is 7.56. The molecule has 7 nitrogen and oxygen atoms in total. The number of hydrazone groups is 1. The summed E-state index contributed by atoms with van der Waals surface area (Å²) in [7, 11) is 1.65. The minimum atomic E-state index is -4.45. The summed E-state index contributed by atoms with van der Waals surface area (Å²) >= 11 is 2.16. The van der Waals surface area contributed by atoms with E-state index in [1.165, 1.54) is 23.1 Å². The highest BCUT2D eigenvalue weighted by atomic mass is 32.1. The van der Waals surface area contributed by atoms with E-state index in [-0.39, 0.29) is 16.5 Å². The summed E-state index contributed by atoms with van der Waals surface area (Å²) in [6, 6.07) is 13.0. The molecule has 1 aromatic carbocycles. The van der Waals surface area contributed by atoms with Crippen LogP contribution in [-0.4, -0.2) is 39.6 Å². The SMILES string of the molecule is CC(=NNC(=O)c1ccc(C(=O)N(C)Cc2ccccn2)s1)c1csc(-c2ccc(C(F)(F)F)cc2)c1O. The molecule has 2 amide bonds. The van der Waals surface area contributed by atoms with Gasteiger partial charge in [-0.2, -0.15) is 18.3 Å². The zero-order valence-electron chi connectivity index (χ0n) is 20.1. The molecule has 38 heavy (non-hydrogen) atoms. The Labute approximate surface area is 223 Å². The summed E-state index contributed by atoms with van der Waals surface area (Å²) in [6.45, 7) is 1.90. The molecule has 4 aromatic rings. The van der Waals surface area contributed by atoms with E-state index in [9.17, 15) is 27.9 Å². The number of hydrogen-bond acceptors (Lipinski definition) is 7. The van der Waals surface area contributed by atoms with Gasteiger partial charge in [-0.05, 0) is 48.9 Å². The topological polar surface area (TPSA) is 94.9 Å². The van der Waals surface area contributed by atoms with Gasteiger partial charge in [-0.25, -0.2) is 5.43 Å². The summed E-state index contributed by atoms with van der Waals surface area (Å²) < 4.78 is 38.5. The number of nitrogens with one attached hydrogen (secondary N) is 1. The number of alkyl halides is 3. The Morgan fingerprint density at radius 2 is 1.79 bits per heavy atom. The number of amides is 2. The molecule has 0 aliphatic heterocycles. The first kappa shape index (κ1) is 27.0. The second kappa shape index (κ2) is 11.2. The van der Waals surface area contributed by atoms with Gasteiger partial charge in [0.15, 0.2) is 0 Å². The van der Waals surface area contributed by atoms with Gasteiger partial charge in [0.25, 0.3) is 11.8 Å². The Morgan fingerprint density at radius 1 is 1.08 bits per heavy atom. The summed E-state index contributed by atoms with van der Waals surface area (Å²) in [5.74, 6) is -0.929. The number of carbonyl (C=O) groups is 2.